The molecule has 0 radical (unpaired) electrons. The summed E-state index contributed by atoms with van der Waals surface area (Å²) >= 11 is 1.66. The lowest BCUT2D eigenvalue weighted by Gasteiger charge is -2.24. The largest absolute Gasteiger partial charge is 0.389 e. The van der Waals surface area contributed by atoms with Gasteiger partial charge < -0.3 is 15.2 Å². The van der Waals surface area contributed by atoms with E-state index in [0.717, 1.165) is 12.1 Å². The third-order valence-corrected chi connectivity index (χ3v) is 5.05. The fourth-order valence-electron chi connectivity index (χ4n) is 2.49. The molecule has 1 aromatic heterocycles. The summed E-state index contributed by atoms with van der Waals surface area (Å²) in [5.41, 5.74) is 2.95. The summed E-state index contributed by atoms with van der Waals surface area (Å²) in [7, 11) is 0. The van der Waals surface area contributed by atoms with Crippen molar-refractivity contribution in [3.05, 3.63) is 16.1 Å². The van der Waals surface area contributed by atoms with Gasteiger partial charge in [0.15, 0.2) is 0 Å². The van der Waals surface area contributed by atoms with E-state index in [1.54, 1.807) is 11.3 Å². The Hall–Kier alpha value is -0.490. The van der Waals surface area contributed by atoms with Crippen LogP contribution in [0.3, 0.4) is 0 Å². The monoisotopic (exact) mass is 314 g/mol. The second kappa shape index (κ2) is 10.3. The van der Waals surface area contributed by atoms with Gasteiger partial charge >= 0.3 is 0 Å². The number of aliphatic hydroxyl groups is 1. The molecule has 0 amide bonds. The van der Waals surface area contributed by atoms with Gasteiger partial charge in [0, 0.05) is 23.9 Å². The van der Waals surface area contributed by atoms with Gasteiger partial charge in [0.25, 0.3) is 0 Å². The number of aliphatic hydroxyl groups excluding tert-OH is 1. The van der Waals surface area contributed by atoms with Crippen LogP contribution in [0.5, 0.6) is 0 Å². The fourth-order valence-corrected chi connectivity index (χ4v) is 3.26. The number of aryl methyl sites for hydroxylation is 1. The lowest BCUT2D eigenvalue weighted by atomic mass is 9.95. The van der Waals surface area contributed by atoms with Crippen LogP contribution in [0.1, 0.15) is 44.2 Å². The molecule has 1 heterocycles. The second-order valence-corrected chi connectivity index (χ2v) is 6.55. The Kier molecular flexibility index (Phi) is 9.08. The van der Waals surface area contributed by atoms with Crippen molar-refractivity contribution in [2.75, 3.05) is 19.8 Å². The Balaban J connectivity index is 2.11. The van der Waals surface area contributed by atoms with Crippen molar-refractivity contribution in [3.63, 3.8) is 0 Å². The van der Waals surface area contributed by atoms with Crippen LogP contribution in [-0.4, -0.2) is 42.0 Å². The van der Waals surface area contributed by atoms with E-state index in [1.807, 2.05) is 12.4 Å². The molecular formula is C16H30N2O2S. The highest BCUT2D eigenvalue weighted by molar-refractivity contribution is 7.09. The molecule has 0 aliphatic rings. The van der Waals surface area contributed by atoms with E-state index in [4.69, 9.17) is 4.74 Å². The maximum absolute atomic E-state index is 9.94. The van der Waals surface area contributed by atoms with Gasteiger partial charge in [-0.2, -0.15) is 0 Å². The third kappa shape index (κ3) is 6.87. The first-order chi connectivity index (χ1) is 10.1. The molecule has 0 spiro atoms. The summed E-state index contributed by atoms with van der Waals surface area (Å²) in [6, 6.07) is 0.439. The summed E-state index contributed by atoms with van der Waals surface area (Å²) in [6.45, 7) is 10.3. The zero-order valence-electron chi connectivity index (χ0n) is 13.8. The topological polar surface area (TPSA) is 54.4 Å². The SMILES string of the molecule is CCC(CC)C(C)NCC(O)COCCc1scnc1C. The zero-order chi connectivity index (χ0) is 15.7. The molecule has 4 nitrogen and oxygen atoms in total. The van der Waals surface area contributed by atoms with Gasteiger partial charge in [-0.15, -0.1) is 11.3 Å². The lowest BCUT2D eigenvalue weighted by Crippen LogP contribution is -2.39. The number of aromatic nitrogens is 1. The molecule has 0 saturated heterocycles. The fraction of sp³-hybridized carbons (Fsp3) is 0.812. The summed E-state index contributed by atoms with van der Waals surface area (Å²) in [5, 5.41) is 13.3. The van der Waals surface area contributed by atoms with Gasteiger partial charge in [0.2, 0.25) is 0 Å². The number of hydrogen-bond acceptors (Lipinski definition) is 5. The number of nitrogens with one attached hydrogen (secondary N) is 1. The van der Waals surface area contributed by atoms with Crippen LogP contribution >= 0.6 is 11.3 Å². The molecule has 1 aromatic rings. The second-order valence-electron chi connectivity index (χ2n) is 5.61. The van der Waals surface area contributed by atoms with Crippen LogP contribution in [0.2, 0.25) is 0 Å². The van der Waals surface area contributed by atoms with E-state index >= 15 is 0 Å². The van der Waals surface area contributed by atoms with E-state index in [1.165, 1.54) is 17.7 Å². The molecule has 0 fully saturated rings. The Bertz CT molecular complexity index is 380. The van der Waals surface area contributed by atoms with Crippen LogP contribution in [0.15, 0.2) is 5.51 Å². The highest BCUT2D eigenvalue weighted by atomic mass is 32.1. The number of hydrogen-bond donors (Lipinski definition) is 2. The molecule has 2 N–H and O–H groups in total. The summed E-state index contributed by atoms with van der Waals surface area (Å²) in [6.07, 6.45) is 2.78. The number of nitrogens with zero attached hydrogens (tertiary/aromatic N) is 1. The standard InChI is InChI=1S/C16H30N2O2S/c1-5-14(6-2)12(3)17-9-15(19)10-20-8-7-16-13(4)18-11-21-16/h11-12,14-15,17,19H,5-10H2,1-4H3. The molecule has 122 valence electrons. The highest BCUT2D eigenvalue weighted by Gasteiger charge is 2.14. The van der Waals surface area contributed by atoms with Crippen molar-refractivity contribution in [2.45, 2.75) is 59.1 Å². The molecule has 0 aromatic carbocycles. The van der Waals surface area contributed by atoms with Crippen molar-refractivity contribution in [1.82, 2.24) is 10.3 Å². The predicted octanol–water partition coefficient (Wildman–Crippen LogP) is 2.79. The third-order valence-electron chi connectivity index (χ3n) is 4.06. The van der Waals surface area contributed by atoms with Crippen molar-refractivity contribution < 1.29 is 9.84 Å². The summed E-state index contributed by atoms with van der Waals surface area (Å²) < 4.78 is 5.56. The van der Waals surface area contributed by atoms with E-state index < -0.39 is 6.10 Å². The zero-order valence-corrected chi connectivity index (χ0v) is 14.6. The van der Waals surface area contributed by atoms with Crippen LogP contribution in [0.4, 0.5) is 0 Å². The maximum Gasteiger partial charge on any atom is 0.0897 e. The molecule has 2 atom stereocenters. The molecule has 0 aliphatic carbocycles. The van der Waals surface area contributed by atoms with Gasteiger partial charge in [-0.05, 0) is 19.8 Å². The van der Waals surface area contributed by atoms with Crippen LogP contribution < -0.4 is 5.32 Å². The average Bonchev–Trinajstić information content (AvgIpc) is 2.88. The lowest BCUT2D eigenvalue weighted by molar-refractivity contribution is 0.0362. The Morgan fingerprint density at radius 2 is 2.10 bits per heavy atom. The van der Waals surface area contributed by atoms with E-state index in [9.17, 15) is 5.11 Å². The Morgan fingerprint density at radius 3 is 2.67 bits per heavy atom. The van der Waals surface area contributed by atoms with Crippen LogP contribution in [-0.2, 0) is 11.2 Å². The maximum atomic E-state index is 9.94. The minimum absolute atomic E-state index is 0.389. The van der Waals surface area contributed by atoms with Gasteiger partial charge in [0.05, 0.1) is 30.5 Å². The molecule has 21 heavy (non-hydrogen) atoms. The van der Waals surface area contributed by atoms with E-state index in [0.29, 0.717) is 31.7 Å². The van der Waals surface area contributed by atoms with Crippen molar-refractivity contribution in [3.8, 4) is 0 Å². The first kappa shape index (κ1) is 18.6. The van der Waals surface area contributed by atoms with Gasteiger partial charge in [0.1, 0.15) is 0 Å². The molecule has 1 rings (SSSR count). The molecule has 5 heteroatoms. The van der Waals surface area contributed by atoms with Crippen molar-refractivity contribution >= 4 is 11.3 Å². The molecule has 2 unspecified atom stereocenters. The van der Waals surface area contributed by atoms with E-state index in [-0.39, 0.29) is 0 Å². The summed E-state index contributed by atoms with van der Waals surface area (Å²) in [4.78, 5) is 5.48. The minimum Gasteiger partial charge on any atom is -0.389 e. The van der Waals surface area contributed by atoms with Crippen molar-refractivity contribution in [1.29, 1.82) is 0 Å². The smallest absolute Gasteiger partial charge is 0.0897 e. The quantitative estimate of drug-likeness (QED) is 0.617. The minimum atomic E-state index is -0.440. The van der Waals surface area contributed by atoms with Gasteiger partial charge in [-0.25, -0.2) is 4.98 Å². The normalized spacial score (nSPS) is 14.6. The molecule has 0 saturated carbocycles. The van der Waals surface area contributed by atoms with Crippen LogP contribution in [0.25, 0.3) is 0 Å². The Labute approximate surface area is 132 Å². The van der Waals surface area contributed by atoms with Gasteiger partial charge in [-0.3, -0.25) is 0 Å². The summed E-state index contributed by atoms with van der Waals surface area (Å²) in [5.74, 6) is 0.674. The number of rotatable bonds is 11. The molecule has 0 bridgehead atoms. The molecular weight excluding hydrogens is 284 g/mol. The predicted molar refractivity (Wildman–Crippen MR) is 88.9 cm³/mol. The van der Waals surface area contributed by atoms with Crippen LogP contribution in [0, 0.1) is 12.8 Å². The number of ether oxygens (including phenoxy) is 1. The van der Waals surface area contributed by atoms with Crippen molar-refractivity contribution in [2.24, 2.45) is 5.92 Å². The number of thiazole rings is 1. The Morgan fingerprint density at radius 1 is 1.38 bits per heavy atom. The highest BCUT2D eigenvalue weighted by Crippen LogP contribution is 2.13. The molecule has 0 aliphatic heterocycles. The average molecular weight is 314 g/mol. The first-order valence-corrected chi connectivity index (χ1v) is 8.84. The first-order valence-electron chi connectivity index (χ1n) is 7.96. The van der Waals surface area contributed by atoms with E-state index in [2.05, 4.69) is 31.1 Å². The van der Waals surface area contributed by atoms with Gasteiger partial charge in [-0.1, -0.05) is 26.7 Å².